The number of aromatic hydroxyl groups is 1. The van der Waals surface area contributed by atoms with E-state index in [4.69, 9.17) is 13.9 Å². The molecule has 3 aromatic carbocycles. The zero-order valence-electron chi connectivity index (χ0n) is 20.6. The molecule has 37 heavy (non-hydrogen) atoms. The van der Waals surface area contributed by atoms with Crippen LogP contribution in [-0.2, 0) is 11.4 Å². The second-order valence-corrected chi connectivity index (χ2v) is 9.01. The lowest BCUT2D eigenvalue weighted by atomic mass is 10.1. The fourth-order valence-corrected chi connectivity index (χ4v) is 4.27. The van der Waals surface area contributed by atoms with E-state index >= 15 is 0 Å². The quantitative estimate of drug-likeness (QED) is 0.412. The number of hydrogen-bond acceptors (Lipinski definition) is 7. The molecule has 0 bridgehead atoms. The predicted octanol–water partition coefficient (Wildman–Crippen LogP) is 3.90. The number of benzene rings is 3. The van der Waals surface area contributed by atoms with Gasteiger partial charge in [-0.3, -0.25) is 9.59 Å². The zero-order valence-corrected chi connectivity index (χ0v) is 20.6. The molecule has 8 heteroatoms. The molecular weight excluding hydrogens is 472 g/mol. The Bertz CT molecular complexity index is 1440. The minimum atomic E-state index is -0.428. The maximum Gasteiger partial charge on any atom is 0.260 e. The number of ether oxygens (including phenoxy) is 2. The van der Waals surface area contributed by atoms with Crippen LogP contribution in [0.4, 0.5) is 0 Å². The van der Waals surface area contributed by atoms with Crippen LogP contribution in [0.1, 0.15) is 5.56 Å². The van der Waals surface area contributed by atoms with E-state index in [-0.39, 0.29) is 41.6 Å². The third kappa shape index (κ3) is 5.44. The van der Waals surface area contributed by atoms with Crippen LogP contribution in [0, 0.1) is 0 Å². The number of nitrogens with zero attached hydrogens (tertiary/aromatic N) is 2. The van der Waals surface area contributed by atoms with Crippen LogP contribution < -0.4 is 14.9 Å². The van der Waals surface area contributed by atoms with Crippen LogP contribution in [0.15, 0.2) is 82.0 Å². The molecule has 8 nitrogen and oxygen atoms in total. The van der Waals surface area contributed by atoms with Gasteiger partial charge >= 0.3 is 0 Å². The van der Waals surface area contributed by atoms with Crippen molar-refractivity contribution in [2.24, 2.45) is 0 Å². The summed E-state index contributed by atoms with van der Waals surface area (Å²) in [6.45, 7) is 2.67. The molecule has 4 aromatic rings. The van der Waals surface area contributed by atoms with Crippen LogP contribution in [0.5, 0.6) is 17.2 Å². The molecule has 1 aromatic heterocycles. The molecule has 0 aliphatic carbocycles. The number of amides is 1. The van der Waals surface area contributed by atoms with E-state index in [1.54, 1.807) is 4.90 Å². The Morgan fingerprint density at radius 3 is 2.32 bits per heavy atom. The molecule has 5 rings (SSSR count). The number of carbonyl (C=O) groups is 1. The Morgan fingerprint density at radius 1 is 0.946 bits per heavy atom. The summed E-state index contributed by atoms with van der Waals surface area (Å²) in [6, 6.07) is 21.6. The standard InChI is InChI=1S/C29H28N2O6/c1-30-12-14-31(15-13-30)26(33)19-36-29-25(35-18-20-8-4-2-5-9-20)17-24-27(28(29)34)22(32)16-23(37-24)21-10-6-3-7-11-21/h2-11,16-17,34H,12-15,18-19H2,1H3. The highest BCUT2D eigenvalue weighted by Gasteiger charge is 2.24. The van der Waals surface area contributed by atoms with Crippen LogP contribution >= 0.6 is 0 Å². The lowest BCUT2D eigenvalue weighted by molar-refractivity contribution is -0.134. The number of carbonyl (C=O) groups excluding carboxylic acids is 1. The lowest BCUT2D eigenvalue weighted by Gasteiger charge is -2.32. The minimum absolute atomic E-state index is 0.0335. The Morgan fingerprint density at radius 2 is 1.62 bits per heavy atom. The van der Waals surface area contributed by atoms with Crippen molar-refractivity contribution >= 4 is 16.9 Å². The fourth-order valence-electron chi connectivity index (χ4n) is 4.27. The lowest BCUT2D eigenvalue weighted by Crippen LogP contribution is -2.48. The molecule has 1 aliphatic rings. The smallest absolute Gasteiger partial charge is 0.260 e. The first-order valence-electron chi connectivity index (χ1n) is 12.1. The molecule has 0 saturated carbocycles. The number of phenols is 1. The maximum atomic E-state index is 13.1. The molecule has 0 atom stereocenters. The highest BCUT2D eigenvalue weighted by Crippen LogP contribution is 2.43. The molecule has 1 N–H and O–H groups in total. The molecule has 0 radical (unpaired) electrons. The van der Waals surface area contributed by atoms with Gasteiger partial charge in [-0.05, 0) is 12.6 Å². The summed E-state index contributed by atoms with van der Waals surface area (Å²) in [4.78, 5) is 29.7. The monoisotopic (exact) mass is 500 g/mol. The van der Waals surface area contributed by atoms with E-state index in [1.165, 1.54) is 12.1 Å². The van der Waals surface area contributed by atoms with Gasteiger partial charge in [-0.15, -0.1) is 0 Å². The number of rotatable bonds is 7. The van der Waals surface area contributed by atoms with Crippen molar-refractivity contribution in [3.8, 4) is 28.6 Å². The van der Waals surface area contributed by atoms with Crippen molar-refractivity contribution in [3.05, 3.63) is 88.6 Å². The molecule has 1 amide bonds. The van der Waals surface area contributed by atoms with E-state index in [1.807, 2.05) is 67.7 Å². The van der Waals surface area contributed by atoms with Crippen LogP contribution in [0.2, 0.25) is 0 Å². The largest absolute Gasteiger partial charge is 0.504 e. The second kappa shape index (κ2) is 10.8. The highest BCUT2D eigenvalue weighted by atomic mass is 16.5. The van der Waals surface area contributed by atoms with E-state index in [0.717, 1.165) is 24.2 Å². The van der Waals surface area contributed by atoms with Gasteiger partial charge in [-0.25, -0.2) is 0 Å². The molecule has 190 valence electrons. The number of phenolic OH excluding ortho intramolecular Hbond substituents is 1. The first kappa shape index (κ1) is 24.4. The molecule has 0 unspecified atom stereocenters. The average Bonchev–Trinajstić information content (AvgIpc) is 2.92. The van der Waals surface area contributed by atoms with Gasteiger partial charge in [-0.2, -0.15) is 0 Å². The van der Waals surface area contributed by atoms with E-state index in [9.17, 15) is 14.7 Å². The molecule has 0 spiro atoms. The summed E-state index contributed by atoms with van der Waals surface area (Å²) in [6.07, 6.45) is 0. The Balaban J connectivity index is 1.49. The second-order valence-electron chi connectivity index (χ2n) is 9.01. The van der Waals surface area contributed by atoms with Gasteiger partial charge in [0.1, 0.15) is 23.3 Å². The van der Waals surface area contributed by atoms with Gasteiger partial charge < -0.3 is 28.8 Å². The summed E-state index contributed by atoms with van der Waals surface area (Å²) in [7, 11) is 2.01. The first-order chi connectivity index (χ1) is 18.0. The van der Waals surface area contributed by atoms with Gasteiger partial charge in [0.05, 0.1) is 0 Å². The van der Waals surface area contributed by atoms with Crippen molar-refractivity contribution in [3.63, 3.8) is 0 Å². The van der Waals surface area contributed by atoms with E-state index in [2.05, 4.69) is 4.90 Å². The molecule has 1 aliphatic heterocycles. The SMILES string of the molecule is CN1CCN(C(=O)COc2c(OCc3ccccc3)cc3oc(-c4ccccc4)cc(=O)c3c2O)CC1. The number of likely N-dealkylation sites (N-methyl/N-ethyl adjacent to an activating group) is 1. The van der Waals surface area contributed by atoms with Crippen molar-refractivity contribution in [1.29, 1.82) is 0 Å². The van der Waals surface area contributed by atoms with Gasteiger partial charge in [0.2, 0.25) is 5.75 Å². The van der Waals surface area contributed by atoms with Gasteiger partial charge in [-0.1, -0.05) is 60.7 Å². The summed E-state index contributed by atoms with van der Waals surface area (Å²) in [5.74, 6) is -0.141. The molecule has 1 saturated heterocycles. The summed E-state index contributed by atoms with van der Waals surface area (Å²) in [5.41, 5.74) is 1.36. The third-order valence-corrected chi connectivity index (χ3v) is 6.40. The Kier molecular flexibility index (Phi) is 7.09. The van der Waals surface area contributed by atoms with E-state index in [0.29, 0.717) is 18.8 Å². The topological polar surface area (TPSA) is 92.5 Å². The van der Waals surface area contributed by atoms with Gasteiger partial charge in [0.25, 0.3) is 5.91 Å². The maximum absolute atomic E-state index is 13.1. The first-order valence-corrected chi connectivity index (χ1v) is 12.1. The third-order valence-electron chi connectivity index (χ3n) is 6.40. The number of fused-ring (bicyclic) bond motifs is 1. The van der Waals surface area contributed by atoms with Gasteiger partial charge in [0, 0.05) is 43.9 Å². The Labute approximate surface area is 214 Å². The predicted molar refractivity (Wildman–Crippen MR) is 140 cm³/mol. The molecular formula is C29H28N2O6. The molecule has 1 fully saturated rings. The highest BCUT2D eigenvalue weighted by molar-refractivity contribution is 5.90. The van der Waals surface area contributed by atoms with Crippen molar-refractivity contribution in [2.75, 3.05) is 39.8 Å². The van der Waals surface area contributed by atoms with Crippen LogP contribution in [0.25, 0.3) is 22.3 Å². The van der Waals surface area contributed by atoms with Crippen molar-refractivity contribution in [2.45, 2.75) is 6.61 Å². The zero-order chi connectivity index (χ0) is 25.8. The summed E-state index contributed by atoms with van der Waals surface area (Å²) in [5, 5.41) is 11.1. The normalized spacial score (nSPS) is 14.0. The van der Waals surface area contributed by atoms with Crippen molar-refractivity contribution in [1.82, 2.24) is 9.80 Å². The van der Waals surface area contributed by atoms with Crippen LogP contribution in [0.3, 0.4) is 0 Å². The molecule has 2 heterocycles. The van der Waals surface area contributed by atoms with Gasteiger partial charge in [0.15, 0.2) is 23.5 Å². The average molecular weight is 501 g/mol. The summed E-state index contributed by atoms with van der Waals surface area (Å²) < 4.78 is 17.8. The summed E-state index contributed by atoms with van der Waals surface area (Å²) >= 11 is 0. The Hall–Kier alpha value is -4.30. The number of hydrogen-bond donors (Lipinski definition) is 1. The van der Waals surface area contributed by atoms with Crippen molar-refractivity contribution < 1.29 is 23.8 Å². The minimum Gasteiger partial charge on any atom is -0.504 e. The van der Waals surface area contributed by atoms with E-state index < -0.39 is 11.2 Å². The fraction of sp³-hybridized carbons (Fsp3) is 0.241. The number of piperazine rings is 1. The van der Waals surface area contributed by atoms with Crippen LogP contribution in [-0.4, -0.2) is 60.6 Å².